The maximum Gasteiger partial charge on any atom is 0.193 e. The van der Waals surface area contributed by atoms with Gasteiger partial charge in [0.1, 0.15) is 11.5 Å². The zero-order valence-corrected chi connectivity index (χ0v) is 16.6. The van der Waals surface area contributed by atoms with Crippen LogP contribution in [0.4, 0.5) is 5.69 Å². The van der Waals surface area contributed by atoms with Gasteiger partial charge in [-0.15, -0.1) is 24.0 Å². The first-order chi connectivity index (χ1) is 11.7. The molecule has 25 heavy (non-hydrogen) atoms. The number of hydrogen-bond donors (Lipinski definition) is 2. The van der Waals surface area contributed by atoms with Crippen molar-refractivity contribution in [2.75, 3.05) is 19.5 Å². The molecule has 0 radical (unpaired) electrons. The fourth-order valence-electron chi connectivity index (χ4n) is 2.59. The minimum atomic E-state index is 0. The third-order valence-electron chi connectivity index (χ3n) is 3.89. The Labute approximate surface area is 164 Å². The number of anilines is 1. The summed E-state index contributed by atoms with van der Waals surface area (Å²) in [6.45, 7) is 1.86. The van der Waals surface area contributed by atoms with E-state index in [9.17, 15) is 0 Å². The molecule has 0 aromatic heterocycles. The Balaban J connectivity index is 0.00000225. The molecule has 0 atom stereocenters. The molecular weight excluding hydrogens is 433 g/mol. The van der Waals surface area contributed by atoms with Gasteiger partial charge in [0, 0.05) is 6.07 Å². The molecule has 134 valence electrons. The van der Waals surface area contributed by atoms with Crippen LogP contribution in [0.2, 0.25) is 0 Å². The van der Waals surface area contributed by atoms with E-state index in [1.165, 1.54) is 11.1 Å². The third kappa shape index (κ3) is 4.76. The van der Waals surface area contributed by atoms with Gasteiger partial charge in [-0.2, -0.15) is 0 Å². The van der Waals surface area contributed by atoms with Crippen LogP contribution in [-0.2, 0) is 24.5 Å². The van der Waals surface area contributed by atoms with Crippen molar-refractivity contribution < 1.29 is 14.2 Å². The van der Waals surface area contributed by atoms with Crippen molar-refractivity contribution in [3.8, 4) is 11.5 Å². The molecule has 0 spiro atoms. The summed E-state index contributed by atoms with van der Waals surface area (Å²) >= 11 is 0. The van der Waals surface area contributed by atoms with Gasteiger partial charge in [-0.1, -0.05) is 18.2 Å². The van der Waals surface area contributed by atoms with E-state index in [1.54, 1.807) is 14.2 Å². The van der Waals surface area contributed by atoms with Crippen molar-refractivity contribution in [3.05, 3.63) is 53.1 Å². The number of methoxy groups -OCH3 is 2. The van der Waals surface area contributed by atoms with E-state index in [1.807, 2.05) is 18.2 Å². The van der Waals surface area contributed by atoms with Gasteiger partial charge in [0.2, 0.25) is 0 Å². The molecule has 0 saturated heterocycles. The highest BCUT2D eigenvalue weighted by molar-refractivity contribution is 14.0. The lowest BCUT2D eigenvalue weighted by Crippen LogP contribution is -2.23. The van der Waals surface area contributed by atoms with Crippen LogP contribution in [0, 0.1) is 0 Å². The van der Waals surface area contributed by atoms with E-state index in [-0.39, 0.29) is 24.0 Å². The number of nitrogens with two attached hydrogens (primary N) is 1. The summed E-state index contributed by atoms with van der Waals surface area (Å²) < 4.78 is 16.0. The molecule has 2 aromatic carbocycles. The Morgan fingerprint density at radius 3 is 2.68 bits per heavy atom. The Hall–Kier alpha value is -2.00. The number of nitrogens with one attached hydrogen (secondary N) is 1. The van der Waals surface area contributed by atoms with Crippen LogP contribution in [0.15, 0.2) is 41.4 Å². The second kappa shape index (κ2) is 8.91. The first-order valence-electron chi connectivity index (χ1n) is 7.67. The smallest absolute Gasteiger partial charge is 0.193 e. The van der Waals surface area contributed by atoms with E-state index in [4.69, 9.17) is 19.9 Å². The molecule has 0 bridgehead atoms. The van der Waals surface area contributed by atoms with Crippen LogP contribution in [0.3, 0.4) is 0 Å². The summed E-state index contributed by atoms with van der Waals surface area (Å²) in [5.41, 5.74) is 10.3. The SMILES string of the molecule is COc1ccc(OC)c(NC(N)=NCc2ccc3c(c2)COC3)c1.I. The molecule has 0 aliphatic carbocycles. The molecule has 3 N–H and O–H groups in total. The van der Waals surface area contributed by atoms with E-state index < -0.39 is 0 Å². The average Bonchev–Trinajstić information content (AvgIpc) is 3.07. The highest BCUT2D eigenvalue weighted by Crippen LogP contribution is 2.28. The molecule has 7 heteroatoms. The molecule has 0 unspecified atom stereocenters. The van der Waals surface area contributed by atoms with Crippen molar-refractivity contribution in [1.82, 2.24) is 0 Å². The normalized spacial score (nSPS) is 13.0. The number of rotatable bonds is 5. The molecule has 6 nitrogen and oxygen atoms in total. The number of ether oxygens (including phenoxy) is 3. The second-order valence-electron chi connectivity index (χ2n) is 5.49. The number of nitrogens with zero attached hydrogens (tertiary/aromatic N) is 1. The van der Waals surface area contributed by atoms with Gasteiger partial charge in [-0.05, 0) is 28.8 Å². The maximum absolute atomic E-state index is 6.00. The van der Waals surface area contributed by atoms with Crippen LogP contribution in [0.5, 0.6) is 11.5 Å². The second-order valence-corrected chi connectivity index (χ2v) is 5.49. The topological polar surface area (TPSA) is 78.1 Å². The first-order valence-corrected chi connectivity index (χ1v) is 7.67. The molecule has 0 saturated carbocycles. The van der Waals surface area contributed by atoms with Gasteiger partial charge in [-0.25, -0.2) is 4.99 Å². The van der Waals surface area contributed by atoms with Crippen LogP contribution < -0.4 is 20.5 Å². The summed E-state index contributed by atoms with van der Waals surface area (Å²) in [6.07, 6.45) is 0. The molecule has 1 aliphatic heterocycles. The fourth-order valence-corrected chi connectivity index (χ4v) is 2.59. The molecular formula is C18H22IN3O3. The molecule has 1 heterocycles. The van der Waals surface area contributed by atoms with Gasteiger partial charge < -0.3 is 25.3 Å². The third-order valence-corrected chi connectivity index (χ3v) is 3.89. The Kier molecular flexibility index (Phi) is 6.89. The van der Waals surface area contributed by atoms with Crippen LogP contribution in [-0.4, -0.2) is 20.2 Å². The lowest BCUT2D eigenvalue weighted by Gasteiger charge is -2.12. The highest BCUT2D eigenvalue weighted by Gasteiger charge is 2.11. The monoisotopic (exact) mass is 455 g/mol. The number of aliphatic imine (C=N–C) groups is 1. The van der Waals surface area contributed by atoms with Crippen molar-refractivity contribution in [2.45, 2.75) is 19.8 Å². The van der Waals surface area contributed by atoms with E-state index >= 15 is 0 Å². The minimum absolute atomic E-state index is 0. The number of fused-ring (bicyclic) bond motifs is 1. The summed E-state index contributed by atoms with van der Waals surface area (Å²) in [7, 11) is 3.22. The van der Waals surface area contributed by atoms with Gasteiger partial charge in [0.25, 0.3) is 0 Å². The summed E-state index contributed by atoms with van der Waals surface area (Å²) in [4.78, 5) is 4.39. The number of hydrogen-bond acceptors (Lipinski definition) is 4. The maximum atomic E-state index is 6.00. The zero-order valence-electron chi connectivity index (χ0n) is 14.2. The van der Waals surface area contributed by atoms with Crippen molar-refractivity contribution in [2.24, 2.45) is 10.7 Å². The lowest BCUT2D eigenvalue weighted by atomic mass is 10.1. The van der Waals surface area contributed by atoms with Crippen LogP contribution >= 0.6 is 24.0 Å². The first kappa shape index (κ1) is 19.3. The predicted molar refractivity (Wildman–Crippen MR) is 109 cm³/mol. The summed E-state index contributed by atoms with van der Waals surface area (Å²) in [6, 6.07) is 11.7. The fraction of sp³-hybridized carbons (Fsp3) is 0.278. The van der Waals surface area contributed by atoms with Crippen molar-refractivity contribution in [1.29, 1.82) is 0 Å². The summed E-state index contributed by atoms with van der Waals surface area (Å²) in [5, 5.41) is 3.06. The van der Waals surface area contributed by atoms with Gasteiger partial charge in [0.15, 0.2) is 5.96 Å². The zero-order chi connectivity index (χ0) is 16.9. The van der Waals surface area contributed by atoms with E-state index in [2.05, 4.69) is 28.5 Å². The summed E-state index contributed by atoms with van der Waals surface area (Å²) in [5.74, 6) is 1.70. The molecule has 1 aliphatic rings. The van der Waals surface area contributed by atoms with E-state index in [0.717, 1.165) is 5.56 Å². The Morgan fingerprint density at radius 2 is 1.92 bits per heavy atom. The Bertz CT molecular complexity index is 765. The lowest BCUT2D eigenvalue weighted by molar-refractivity contribution is 0.134. The molecule has 0 amide bonds. The van der Waals surface area contributed by atoms with Crippen LogP contribution in [0.1, 0.15) is 16.7 Å². The minimum Gasteiger partial charge on any atom is -0.497 e. The largest absolute Gasteiger partial charge is 0.497 e. The average molecular weight is 455 g/mol. The number of guanidine groups is 1. The van der Waals surface area contributed by atoms with Gasteiger partial charge in [-0.3, -0.25) is 0 Å². The highest BCUT2D eigenvalue weighted by atomic mass is 127. The number of benzene rings is 2. The van der Waals surface area contributed by atoms with Gasteiger partial charge in [0.05, 0.1) is 39.7 Å². The molecule has 0 fully saturated rings. The molecule has 3 rings (SSSR count). The quantitative estimate of drug-likeness (QED) is 0.411. The van der Waals surface area contributed by atoms with E-state index in [0.29, 0.717) is 42.9 Å². The molecule has 2 aromatic rings. The standard InChI is InChI=1S/C18H21N3O3.HI/c1-22-15-5-6-17(23-2)16(8-15)21-18(19)20-9-12-3-4-13-10-24-11-14(13)7-12;/h3-8H,9-11H2,1-2H3,(H3,19,20,21);1H. The van der Waals surface area contributed by atoms with Crippen molar-refractivity contribution >= 4 is 35.6 Å². The van der Waals surface area contributed by atoms with Crippen molar-refractivity contribution in [3.63, 3.8) is 0 Å². The Morgan fingerprint density at radius 1 is 1.12 bits per heavy atom. The number of halogens is 1. The van der Waals surface area contributed by atoms with Gasteiger partial charge >= 0.3 is 0 Å². The van der Waals surface area contributed by atoms with Crippen LogP contribution in [0.25, 0.3) is 0 Å². The predicted octanol–water partition coefficient (Wildman–Crippen LogP) is 3.28.